The Bertz CT molecular complexity index is 1350. The molecule has 10 heteroatoms. The van der Waals surface area contributed by atoms with Crippen molar-refractivity contribution in [2.75, 3.05) is 6.54 Å². The first-order valence-corrected chi connectivity index (χ1v) is 14.1. The van der Waals surface area contributed by atoms with Gasteiger partial charge in [0, 0.05) is 44.0 Å². The van der Waals surface area contributed by atoms with Crippen LogP contribution in [0.25, 0.3) is 5.52 Å². The van der Waals surface area contributed by atoms with E-state index >= 15 is 0 Å². The maximum absolute atomic E-state index is 14.2. The van der Waals surface area contributed by atoms with Crippen LogP contribution < -0.4 is 5.69 Å². The summed E-state index contributed by atoms with van der Waals surface area (Å²) in [5.74, 6) is 2.14. The minimum atomic E-state index is -4.54. The van der Waals surface area contributed by atoms with E-state index in [0.29, 0.717) is 30.0 Å². The van der Waals surface area contributed by atoms with Crippen molar-refractivity contribution < 1.29 is 13.2 Å². The van der Waals surface area contributed by atoms with E-state index in [0.717, 1.165) is 50.9 Å². The van der Waals surface area contributed by atoms with Gasteiger partial charge in [-0.05, 0) is 81.9 Å². The molecular formula is C28H37F3N6O. The van der Waals surface area contributed by atoms with Gasteiger partial charge in [0.15, 0.2) is 0 Å². The Morgan fingerprint density at radius 1 is 1.05 bits per heavy atom. The van der Waals surface area contributed by atoms with Gasteiger partial charge in [-0.25, -0.2) is 4.79 Å². The summed E-state index contributed by atoms with van der Waals surface area (Å²) in [6, 6.07) is 1.45. The summed E-state index contributed by atoms with van der Waals surface area (Å²) in [6.45, 7) is 3.40. The fourth-order valence-corrected chi connectivity index (χ4v) is 7.28. The summed E-state index contributed by atoms with van der Waals surface area (Å²) >= 11 is 0. The Balaban J connectivity index is 1.34. The Kier molecular flexibility index (Phi) is 6.64. The van der Waals surface area contributed by atoms with Gasteiger partial charge in [-0.1, -0.05) is 12.8 Å². The lowest BCUT2D eigenvalue weighted by Gasteiger charge is -2.41. The monoisotopic (exact) mass is 530 g/mol. The van der Waals surface area contributed by atoms with E-state index in [-0.39, 0.29) is 23.2 Å². The summed E-state index contributed by atoms with van der Waals surface area (Å²) < 4.78 is 47.5. The molecule has 7 nitrogen and oxygen atoms in total. The molecule has 3 aromatic rings. The molecule has 3 fully saturated rings. The lowest BCUT2D eigenvalue weighted by atomic mass is 9.66. The highest BCUT2D eigenvalue weighted by molar-refractivity contribution is 5.56. The number of fused-ring (bicyclic) bond motifs is 1. The molecule has 206 valence electrons. The maximum atomic E-state index is 14.2. The van der Waals surface area contributed by atoms with Gasteiger partial charge in [-0.3, -0.25) is 13.9 Å². The molecule has 1 saturated heterocycles. The molecule has 2 aliphatic carbocycles. The molecule has 4 atom stereocenters. The largest absolute Gasteiger partial charge is 0.418 e. The van der Waals surface area contributed by atoms with Crippen LogP contribution in [-0.4, -0.2) is 41.2 Å². The number of halogens is 3. The van der Waals surface area contributed by atoms with Crippen molar-refractivity contribution in [1.29, 1.82) is 0 Å². The highest BCUT2D eigenvalue weighted by Crippen LogP contribution is 2.49. The van der Waals surface area contributed by atoms with Crippen molar-refractivity contribution in [3.05, 3.63) is 52.2 Å². The van der Waals surface area contributed by atoms with E-state index in [9.17, 15) is 18.0 Å². The number of aromatic nitrogens is 5. The molecule has 0 aromatic carbocycles. The maximum Gasteiger partial charge on any atom is 0.418 e. The van der Waals surface area contributed by atoms with Gasteiger partial charge >= 0.3 is 11.9 Å². The third-order valence-corrected chi connectivity index (χ3v) is 9.52. The quantitative estimate of drug-likeness (QED) is 0.420. The second kappa shape index (κ2) is 9.84. The highest BCUT2D eigenvalue weighted by atomic mass is 19.4. The number of likely N-dealkylation sites (tertiary alicyclic amines) is 1. The number of hydrogen-bond donors (Lipinski definition) is 0. The summed E-state index contributed by atoms with van der Waals surface area (Å²) in [4.78, 5) is 15.8. The van der Waals surface area contributed by atoms with Crippen LogP contribution in [0.5, 0.6) is 0 Å². The van der Waals surface area contributed by atoms with Gasteiger partial charge < -0.3 is 4.57 Å². The Hall–Kier alpha value is -2.62. The predicted molar refractivity (Wildman–Crippen MR) is 138 cm³/mol. The molecule has 2 unspecified atom stereocenters. The van der Waals surface area contributed by atoms with Crippen LogP contribution >= 0.6 is 0 Å². The average Bonchev–Trinajstić information content (AvgIpc) is 3.55. The number of aryl methyl sites for hydroxylation is 1. The van der Waals surface area contributed by atoms with E-state index in [1.165, 1.54) is 35.9 Å². The molecule has 38 heavy (non-hydrogen) atoms. The first-order chi connectivity index (χ1) is 18.2. The number of rotatable bonds is 6. The van der Waals surface area contributed by atoms with E-state index in [1.807, 2.05) is 11.6 Å². The van der Waals surface area contributed by atoms with Crippen LogP contribution in [0.3, 0.4) is 0 Å². The minimum Gasteiger partial charge on any atom is -0.320 e. The van der Waals surface area contributed by atoms with E-state index in [2.05, 4.69) is 22.0 Å². The van der Waals surface area contributed by atoms with Crippen LogP contribution in [0.2, 0.25) is 0 Å². The molecule has 2 saturated carbocycles. The standard InChI is InChI=1S/C28H37F3N6O/c1-18-6-5-11-35(18)14-19-12-23(28(29,30)31)24-16-36(27(38)37(24)15-19)22-10-4-9-21(13-22)25(20-7-3-8-20)26-33-32-17-34(26)2/h12,15-18,20-22,25H,3-11,13-14H2,1-2H3/t18-,21?,22?,25-/m0/s1. The third kappa shape index (κ3) is 4.58. The molecule has 0 bridgehead atoms. The SMILES string of the molecule is C[C@H]1CCCN1Cc1cc(C(F)(F)F)c2cn(C3CCCC([C@@H](c4nncn4C)C4CCC4)C3)c(=O)n2c1. The molecule has 0 spiro atoms. The third-order valence-electron chi connectivity index (χ3n) is 9.52. The molecule has 6 rings (SSSR count). The van der Waals surface area contributed by atoms with Crippen LogP contribution in [0.15, 0.2) is 29.6 Å². The topological polar surface area (TPSA) is 60.4 Å². The number of alkyl halides is 3. The molecule has 3 aliphatic rings. The zero-order chi connectivity index (χ0) is 26.6. The van der Waals surface area contributed by atoms with Crippen molar-refractivity contribution in [3.8, 4) is 0 Å². The number of pyridine rings is 1. The minimum absolute atomic E-state index is 0.0494. The van der Waals surface area contributed by atoms with Crippen molar-refractivity contribution >= 4 is 5.52 Å². The zero-order valence-electron chi connectivity index (χ0n) is 22.2. The smallest absolute Gasteiger partial charge is 0.320 e. The average molecular weight is 531 g/mol. The lowest BCUT2D eigenvalue weighted by molar-refractivity contribution is -0.136. The molecular weight excluding hydrogens is 493 g/mol. The summed E-state index contributed by atoms with van der Waals surface area (Å²) in [6.07, 6.45) is 9.49. The zero-order valence-corrected chi connectivity index (χ0v) is 22.2. The van der Waals surface area contributed by atoms with E-state index < -0.39 is 11.7 Å². The molecule has 4 heterocycles. The Morgan fingerprint density at radius 3 is 2.45 bits per heavy atom. The molecule has 0 radical (unpaired) electrons. The van der Waals surface area contributed by atoms with Crippen LogP contribution in [0.1, 0.15) is 93.6 Å². The van der Waals surface area contributed by atoms with Gasteiger partial charge in [0.05, 0.1) is 11.1 Å². The fraction of sp³-hybridized carbons (Fsp3) is 0.679. The molecule has 3 aromatic heterocycles. The van der Waals surface area contributed by atoms with Crippen molar-refractivity contribution in [2.24, 2.45) is 18.9 Å². The number of imidazole rings is 1. The van der Waals surface area contributed by atoms with Gasteiger partial charge in [-0.15, -0.1) is 10.2 Å². The van der Waals surface area contributed by atoms with Gasteiger partial charge in [-0.2, -0.15) is 13.2 Å². The Labute approximate surface area is 220 Å². The first-order valence-electron chi connectivity index (χ1n) is 14.1. The normalized spacial score (nSPS) is 26.2. The van der Waals surface area contributed by atoms with Gasteiger partial charge in [0.1, 0.15) is 12.2 Å². The van der Waals surface area contributed by atoms with Gasteiger partial charge in [0.2, 0.25) is 0 Å². The molecule has 1 aliphatic heterocycles. The predicted octanol–water partition coefficient (Wildman–Crippen LogP) is 5.55. The Morgan fingerprint density at radius 2 is 1.82 bits per heavy atom. The molecule has 0 amide bonds. The highest BCUT2D eigenvalue weighted by Gasteiger charge is 2.40. The molecule has 0 N–H and O–H groups in total. The van der Waals surface area contributed by atoms with Crippen LogP contribution in [0, 0.1) is 11.8 Å². The summed E-state index contributed by atoms with van der Waals surface area (Å²) in [7, 11) is 1.98. The summed E-state index contributed by atoms with van der Waals surface area (Å²) in [5, 5.41) is 8.58. The lowest BCUT2D eigenvalue weighted by Crippen LogP contribution is -2.34. The van der Waals surface area contributed by atoms with Crippen molar-refractivity contribution in [2.45, 2.75) is 95.4 Å². The van der Waals surface area contributed by atoms with Crippen LogP contribution in [-0.2, 0) is 19.8 Å². The summed E-state index contributed by atoms with van der Waals surface area (Å²) in [5.41, 5.74) is -0.609. The van der Waals surface area contributed by atoms with Crippen molar-refractivity contribution in [1.82, 2.24) is 28.6 Å². The van der Waals surface area contributed by atoms with Crippen molar-refractivity contribution in [3.63, 3.8) is 0 Å². The second-order valence-electron chi connectivity index (χ2n) is 11.9. The number of nitrogens with zero attached hydrogens (tertiary/aromatic N) is 6. The number of hydrogen-bond acceptors (Lipinski definition) is 4. The van der Waals surface area contributed by atoms with E-state index in [1.54, 1.807) is 17.1 Å². The van der Waals surface area contributed by atoms with Gasteiger partial charge in [0.25, 0.3) is 0 Å². The fourth-order valence-electron chi connectivity index (χ4n) is 7.28. The van der Waals surface area contributed by atoms with Crippen LogP contribution in [0.4, 0.5) is 13.2 Å². The second-order valence-corrected chi connectivity index (χ2v) is 11.9. The van der Waals surface area contributed by atoms with E-state index in [4.69, 9.17) is 0 Å². The first kappa shape index (κ1) is 25.6.